The third-order valence-corrected chi connectivity index (χ3v) is 7.01. The molecule has 0 bridgehead atoms. The highest BCUT2D eigenvalue weighted by Gasteiger charge is 2.26. The average molecular weight is 476 g/mol. The molecule has 35 heavy (non-hydrogen) atoms. The summed E-state index contributed by atoms with van der Waals surface area (Å²) >= 11 is 0. The number of aromatic nitrogens is 4. The quantitative estimate of drug-likeness (QED) is 0.538. The van der Waals surface area contributed by atoms with Crippen LogP contribution in [0.2, 0.25) is 0 Å². The number of Topliss-reactive ketones (excluding diaryl/α,β-unsaturated/α-hetero) is 1. The van der Waals surface area contributed by atoms with E-state index in [-0.39, 0.29) is 40.8 Å². The minimum absolute atomic E-state index is 0.00794. The van der Waals surface area contributed by atoms with Gasteiger partial charge in [-0.05, 0) is 50.8 Å². The van der Waals surface area contributed by atoms with Crippen molar-refractivity contribution < 1.29 is 9.59 Å². The largest absolute Gasteiger partial charge is 0.337 e. The second-order valence-corrected chi connectivity index (χ2v) is 9.46. The molecule has 2 aliphatic rings. The molecule has 10 nitrogen and oxygen atoms in total. The highest BCUT2D eigenvalue weighted by atomic mass is 16.2. The van der Waals surface area contributed by atoms with Crippen molar-refractivity contribution in [1.82, 2.24) is 24.4 Å². The minimum atomic E-state index is -0.290. The van der Waals surface area contributed by atoms with Crippen LogP contribution in [0.3, 0.4) is 0 Å². The standard InChI is InChI=1S/C25H29N7O3/c1-14-19-12-28-25(29-20-8-7-16(11-27-20)23(34)31-10-9-17(26)13-31)30-22(19)32(18-5-3-4-6-18)24(35)21(14)15(2)33/h7-8,11-12,17-18H,3-6,9-10,13,26H2,1-2H3,(H,27,28,29,30). The van der Waals surface area contributed by atoms with Crippen molar-refractivity contribution in [3.05, 3.63) is 51.6 Å². The molecule has 1 saturated heterocycles. The van der Waals surface area contributed by atoms with Crippen molar-refractivity contribution in [1.29, 1.82) is 0 Å². The molecule has 3 aromatic rings. The summed E-state index contributed by atoms with van der Waals surface area (Å²) < 4.78 is 1.68. The third-order valence-electron chi connectivity index (χ3n) is 7.01. The van der Waals surface area contributed by atoms with Crippen molar-refractivity contribution in [2.75, 3.05) is 18.4 Å². The van der Waals surface area contributed by atoms with E-state index in [2.05, 4.69) is 20.3 Å². The summed E-state index contributed by atoms with van der Waals surface area (Å²) in [6, 6.07) is 3.44. The fraction of sp³-hybridized carbons (Fsp3) is 0.440. The van der Waals surface area contributed by atoms with Crippen molar-refractivity contribution in [2.24, 2.45) is 5.73 Å². The molecule has 2 fully saturated rings. The average Bonchev–Trinajstić information content (AvgIpc) is 3.51. The van der Waals surface area contributed by atoms with Crippen LogP contribution in [0, 0.1) is 6.92 Å². The Balaban J connectivity index is 1.47. The minimum Gasteiger partial charge on any atom is -0.337 e. The normalized spacial score (nSPS) is 18.4. The topological polar surface area (TPSA) is 136 Å². The van der Waals surface area contributed by atoms with Crippen LogP contribution < -0.4 is 16.6 Å². The van der Waals surface area contributed by atoms with Crippen molar-refractivity contribution in [2.45, 2.75) is 58.0 Å². The summed E-state index contributed by atoms with van der Waals surface area (Å²) in [5.41, 5.74) is 7.43. The lowest BCUT2D eigenvalue weighted by molar-refractivity contribution is 0.0790. The number of ketones is 1. The molecular formula is C25H29N7O3. The number of hydrogen-bond acceptors (Lipinski definition) is 8. The summed E-state index contributed by atoms with van der Waals surface area (Å²) in [6.45, 7) is 4.39. The third kappa shape index (κ3) is 4.29. The molecule has 1 aliphatic heterocycles. The van der Waals surface area contributed by atoms with Crippen molar-refractivity contribution in [3.8, 4) is 0 Å². The number of amides is 1. The first-order valence-corrected chi connectivity index (χ1v) is 12.0. The number of fused-ring (bicyclic) bond motifs is 1. The summed E-state index contributed by atoms with van der Waals surface area (Å²) in [7, 11) is 0. The smallest absolute Gasteiger partial charge is 0.263 e. The maximum atomic E-state index is 13.3. The summed E-state index contributed by atoms with van der Waals surface area (Å²) in [4.78, 5) is 53.4. The zero-order valence-corrected chi connectivity index (χ0v) is 20.0. The van der Waals surface area contributed by atoms with Gasteiger partial charge in [-0.2, -0.15) is 4.98 Å². The van der Waals surface area contributed by atoms with Crippen LogP contribution in [0.25, 0.3) is 11.0 Å². The first-order valence-electron chi connectivity index (χ1n) is 12.0. The van der Waals surface area contributed by atoms with Crippen LogP contribution >= 0.6 is 0 Å². The number of aryl methyl sites for hydroxylation is 1. The molecule has 3 aromatic heterocycles. The van der Waals surface area contributed by atoms with Gasteiger partial charge in [0.2, 0.25) is 5.95 Å². The van der Waals surface area contributed by atoms with Crippen LogP contribution in [0.5, 0.6) is 0 Å². The Bertz CT molecular complexity index is 1360. The first-order chi connectivity index (χ1) is 16.8. The predicted molar refractivity (Wildman–Crippen MR) is 132 cm³/mol. The van der Waals surface area contributed by atoms with Gasteiger partial charge in [0, 0.05) is 43.0 Å². The van der Waals surface area contributed by atoms with Gasteiger partial charge in [-0.3, -0.25) is 19.0 Å². The Morgan fingerprint density at radius 1 is 1.11 bits per heavy atom. The van der Waals surface area contributed by atoms with E-state index in [1.165, 1.54) is 13.1 Å². The lowest BCUT2D eigenvalue weighted by atomic mass is 10.0. The fourth-order valence-corrected chi connectivity index (χ4v) is 5.17. The van der Waals surface area contributed by atoms with Crippen molar-refractivity contribution >= 4 is 34.5 Å². The van der Waals surface area contributed by atoms with Crippen molar-refractivity contribution in [3.63, 3.8) is 0 Å². The Hall–Kier alpha value is -3.66. The van der Waals surface area contributed by atoms with E-state index in [0.29, 0.717) is 41.1 Å². The highest BCUT2D eigenvalue weighted by molar-refractivity contribution is 5.99. The number of nitrogens with two attached hydrogens (primary N) is 1. The number of pyridine rings is 2. The molecule has 3 N–H and O–H groups in total. The molecule has 1 saturated carbocycles. The maximum absolute atomic E-state index is 13.3. The predicted octanol–water partition coefficient (Wildman–Crippen LogP) is 2.73. The van der Waals surface area contributed by atoms with Crippen LogP contribution in [0.4, 0.5) is 11.8 Å². The van der Waals surface area contributed by atoms with E-state index in [9.17, 15) is 14.4 Å². The number of nitrogens with zero attached hydrogens (tertiary/aromatic N) is 5. The lowest BCUT2D eigenvalue weighted by Crippen LogP contribution is -2.31. The van der Waals surface area contributed by atoms with Gasteiger partial charge in [0.15, 0.2) is 5.78 Å². The summed E-state index contributed by atoms with van der Waals surface area (Å²) in [5, 5.41) is 3.76. The van der Waals surface area contributed by atoms with Gasteiger partial charge < -0.3 is 16.0 Å². The number of rotatable bonds is 5. The molecule has 182 valence electrons. The van der Waals surface area contributed by atoms with E-state index in [1.54, 1.807) is 34.7 Å². The Labute approximate surface area is 202 Å². The Morgan fingerprint density at radius 3 is 2.51 bits per heavy atom. The van der Waals surface area contributed by atoms with Gasteiger partial charge in [-0.1, -0.05) is 12.8 Å². The zero-order valence-electron chi connectivity index (χ0n) is 20.0. The van der Waals surface area contributed by atoms with Gasteiger partial charge in [0.05, 0.1) is 11.1 Å². The number of nitrogens with one attached hydrogen (secondary N) is 1. The molecule has 4 heterocycles. The molecule has 0 radical (unpaired) electrons. The van der Waals surface area contributed by atoms with Gasteiger partial charge in [0.1, 0.15) is 11.5 Å². The molecule has 0 spiro atoms. The summed E-state index contributed by atoms with van der Waals surface area (Å²) in [6.07, 6.45) is 7.80. The summed E-state index contributed by atoms with van der Waals surface area (Å²) in [5.74, 6) is 0.427. The molecule has 1 aliphatic carbocycles. The van der Waals surface area contributed by atoms with Crippen LogP contribution in [0.1, 0.15) is 71.3 Å². The van der Waals surface area contributed by atoms with Gasteiger partial charge in [0.25, 0.3) is 11.5 Å². The Morgan fingerprint density at radius 2 is 1.89 bits per heavy atom. The van der Waals surface area contributed by atoms with Crippen LogP contribution in [-0.2, 0) is 0 Å². The Kier molecular flexibility index (Phi) is 6.06. The second-order valence-electron chi connectivity index (χ2n) is 9.46. The number of carbonyl (C=O) groups is 2. The van der Waals surface area contributed by atoms with Gasteiger partial charge in [-0.25, -0.2) is 9.97 Å². The maximum Gasteiger partial charge on any atom is 0.263 e. The van der Waals surface area contributed by atoms with Gasteiger partial charge in [-0.15, -0.1) is 0 Å². The van der Waals surface area contributed by atoms with E-state index >= 15 is 0 Å². The second kappa shape index (κ2) is 9.18. The molecular weight excluding hydrogens is 446 g/mol. The first kappa shape index (κ1) is 23.1. The number of carbonyl (C=O) groups excluding carboxylic acids is 2. The van der Waals surface area contributed by atoms with E-state index < -0.39 is 0 Å². The molecule has 10 heteroatoms. The monoisotopic (exact) mass is 475 g/mol. The molecule has 5 rings (SSSR count). The SMILES string of the molecule is CC(=O)c1c(C)c2cnc(Nc3ccc(C(=O)N4CCC(N)C4)cn3)nc2n(C2CCCC2)c1=O. The number of likely N-dealkylation sites (tertiary alicyclic amines) is 1. The number of anilines is 2. The molecule has 1 amide bonds. The van der Waals surface area contributed by atoms with Crippen LogP contribution in [-0.4, -0.2) is 55.2 Å². The zero-order chi connectivity index (χ0) is 24.7. The number of hydrogen-bond donors (Lipinski definition) is 2. The molecule has 1 atom stereocenters. The van der Waals surface area contributed by atoms with E-state index in [1.807, 2.05) is 0 Å². The van der Waals surface area contributed by atoms with E-state index in [0.717, 1.165) is 32.1 Å². The van der Waals surface area contributed by atoms with Gasteiger partial charge >= 0.3 is 0 Å². The fourth-order valence-electron chi connectivity index (χ4n) is 5.17. The lowest BCUT2D eigenvalue weighted by Gasteiger charge is -2.19. The molecule has 0 aromatic carbocycles. The van der Waals surface area contributed by atoms with E-state index in [4.69, 9.17) is 5.73 Å². The molecule has 1 unspecified atom stereocenters. The van der Waals surface area contributed by atoms with Crippen LogP contribution in [0.15, 0.2) is 29.3 Å². The highest BCUT2D eigenvalue weighted by Crippen LogP contribution is 2.32.